The summed E-state index contributed by atoms with van der Waals surface area (Å²) in [5, 5.41) is 0. The molecule has 0 bridgehead atoms. The highest BCUT2D eigenvalue weighted by molar-refractivity contribution is 7.27. The monoisotopic (exact) mass is 658 g/mol. The maximum atomic E-state index is 6.30. The molecule has 246 valence electrons. The molecule has 4 aromatic carbocycles. The summed E-state index contributed by atoms with van der Waals surface area (Å²) in [7, 11) is -0.420. The molecule has 0 aliphatic heterocycles. The fourth-order valence-corrected chi connectivity index (χ4v) is 6.28. The second-order valence-corrected chi connectivity index (χ2v) is 17.1. The molecule has 0 saturated carbocycles. The van der Waals surface area contributed by atoms with Crippen LogP contribution in [0, 0.1) is 0 Å². The predicted molar refractivity (Wildman–Crippen MR) is 199 cm³/mol. The maximum Gasteiger partial charge on any atom is 0.275 e. The van der Waals surface area contributed by atoms with Crippen LogP contribution in [-0.4, -0.2) is 0 Å². The normalized spacial score (nSPS) is 13.0. The summed E-state index contributed by atoms with van der Waals surface area (Å²) in [5.74, 6) is 3.17. The van der Waals surface area contributed by atoms with Crippen molar-refractivity contribution in [2.75, 3.05) is 0 Å². The van der Waals surface area contributed by atoms with Gasteiger partial charge in [0.2, 0.25) is 0 Å². The first-order valence-corrected chi connectivity index (χ1v) is 17.6. The number of hydrogen-bond donors (Lipinski definition) is 0. The van der Waals surface area contributed by atoms with E-state index in [1.54, 1.807) is 0 Å². The third-order valence-corrected chi connectivity index (χ3v) is 9.19. The molecule has 4 rings (SSSR count). The summed E-state index contributed by atoms with van der Waals surface area (Å²) >= 11 is 0. The van der Waals surface area contributed by atoms with Crippen LogP contribution in [0.1, 0.15) is 105 Å². The number of para-hydroxylation sites is 2. The molecule has 6 heteroatoms. The zero-order valence-electron chi connectivity index (χ0n) is 29.7. The molecule has 4 aromatic rings. The van der Waals surface area contributed by atoms with Gasteiger partial charge in [-0.25, -0.2) is 0 Å². The Balaban J connectivity index is 1.51. The third kappa shape index (κ3) is 9.05. The van der Waals surface area contributed by atoms with Gasteiger partial charge in [0.1, 0.15) is 23.0 Å². The van der Waals surface area contributed by atoms with Gasteiger partial charge in [-0.1, -0.05) is 144 Å². The van der Waals surface area contributed by atoms with E-state index in [0.717, 1.165) is 34.1 Å². The minimum atomic E-state index is -0.210. The summed E-state index contributed by atoms with van der Waals surface area (Å²) in [5.41, 5.74) is 6.77. The molecule has 0 aromatic heterocycles. The molecule has 0 aliphatic carbocycles. The van der Waals surface area contributed by atoms with Crippen molar-refractivity contribution in [3.8, 4) is 34.1 Å². The molecule has 0 N–H and O–H groups in total. The van der Waals surface area contributed by atoms with Crippen LogP contribution < -0.4 is 18.1 Å². The van der Waals surface area contributed by atoms with Gasteiger partial charge in [-0.05, 0) is 57.1 Å². The molecule has 2 atom stereocenters. The van der Waals surface area contributed by atoms with Gasteiger partial charge in [0.15, 0.2) is 0 Å². The van der Waals surface area contributed by atoms with Gasteiger partial charge in [0, 0.05) is 22.3 Å². The van der Waals surface area contributed by atoms with E-state index in [0.29, 0.717) is 0 Å². The zero-order chi connectivity index (χ0) is 33.9. The van der Waals surface area contributed by atoms with E-state index in [-0.39, 0.29) is 39.7 Å². The number of rotatable bonds is 9. The molecule has 0 saturated heterocycles. The van der Waals surface area contributed by atoms with Gasteiger partial charge in [-0.3, -0.25) is 0 Å². The van der Waals surface area contributed by atoms with E-state index in [2.05, 4.69) is 119 Å². The van der Waals surface area contributed by atoms with Crippen LogP contribution in [0.3, 0.4) is 0 Å². The van der Waals surface area contributed by atoms with Crippen molar-refractivity contribution in [2.24, 2.45) is 0 Å². The first-order chi connectivity index (χ1) is 21.4. The van der Waals surface area contributed by atoms with Crippen molar-refractivity contribution in [3.63, 3.8) is 0 Å². The van der Waals surface area contributed by atoms with Crippen LogP contribution in [0.15, 0.2) is 84.9 Å². The Morgan fingerprint density at radius 2 is 0.696 bits per heavy atom. The molecule has 0 heterocycles. The molecule has 4 nitrogen and oxygen atoms in total. The molecular formula is C40H52O4P2. The van der Waals surface area contributed by atoms with Crippen molar-refractivity contribution in [3.05, 3.63) is 107 Å². The summed E-state index contributed by atoms with van der Waals surface area (Å²) in [6.45, 7) is 26.7. The van der Waals surface area contributed by atoms with Gasteiger partial charge >= 0.3 is 0 Å². The molecular weight excluding hydrogens is 606 g/mol. The Bertz CT molecular complexity index is 1510. The average molecular weight is 659 g/mol. The lowest BCUT2D eigenvalue weighted by molar-refractivity contribution is 0.487. The molecule has 2 unspecified atom stereocenters. The highest BCUT2D eigenvalue weighted by Crippen LogP contribution is 2.43. The highest BCUT2D eigenvalue weighted by atomic mass is 31.1. The molecule has 0 aliphatic rings. The van der Waals surface area contributed by atoms with E-state index in [1.807, 2.05) is 48.5 Å². The second kappa shape index (κ2) is 14.0. The van der Waals surface area contributed by atoms with Crippen LogP contribution in [0.2, 0.25) is 0 Å². The molecule has 0 spiro atoms. The average Bonchev–Trinajstić information content (AvgIpc) is 2.96. The van der Waals surface area contributed by atoms with Gasteiger partial charge < -0.3 is 18.1 Å². The minimum Gasteiger partial charge on any atom is -0.440 e. The fraction of sp³-hybridized carbons (Fsp3) is 0.400. The van der Waals surface area contributed by atoms with E-state index < -0.39 is 0 Å². The van der Waals surface area contributed by atoms with Gasteiger partial charge in [-0.15, -0.1) is 0 Å². The van der Waals surface area contributed by atoms with Crippen LogP contribution in [0.25, 0.3) is 11.1 Å². The zero-order valence-corrected chi connectivity index (χ0v) is 31.7. The van der Waals surface area contributed by atoms with E-state index in [1.165, 1.54) is 22.3 Å². The fourth-order valence-electron chi connectivity index (χ4n) is 5.12. The van der Waals surface area contributed by atoms with Crippen LogP contribution in [-0.2, 0) is 21.7 Å². The van der Waals surface area contributed by atoms with E-state index in [9.17, 15) is 0 Å². The number of hydrogen-bond acceptors (Lipinski definition) is 4. The quantitative estimate of drug-likeness (QED) is 0.168. The first-order valence-electron chi connectivity index (χ1n) is 16.0. The Morgan fingerprint density at radius 1 is 0.370 bits per heavy atom. The molecule has 0 radical (unpaired) electrons. The van der Waals surface area contributed by atoms with Crippen molar-refractivity contribution >= 4 is 18.1 Å². The van der Waals surface area contributed by atoms with Crippen LogP contribution >= 0.6 is 18.1 Å². The maximum absolute atomic E-state index is 6.30. The Morgan fingerprint density at radius 3 is 1.02 bits per heavy atom. The molecule has 0 amide bonds. The van der Waals surface area contributed by atoms with E-state index >= 15 is 0 Å². The summed E-state index contributed by atoms with van der Waals surface area (Å²) < 4.78 is 25.2. The minimum absolute atomic E-state index is 0.0586. The first kappa shape index (κ1) is 35.8. The van der Waals surface area contributed by atoms with Crippen LogP contribution in [0.4, 0.5) is 0 Å². The Kier molecular flexibility index (Phi) is 10.9. The lowest BCUT2D eigenvalue weighted by Gasteiger charge is -2.27. The highest BCUT2D eigenvalue weighted by Gasteiger charge is 2.25. The molecule has 46 heavy (non-hydrogen) atoms. The third-order valence-electron chi connectivity index (χ3n) is 7.98. The molecule has 0 fully saturated rings. The van der Waals surface area contributed by atoms with Crippen LogP contribution in [0.5, 0.6) is 23.0 Å². The summed E-state index contributed by atoms with van der Waals surface area (Å²) in [6, 6.07) is 29.0. The van der Waals surface area contributed by atoms with Crippen molar-refractivity contribution in [1.29, 1.82) is 0 Å². The van der Waals surface area contributed by atoms with Crippen molar-refractivity contribution in [1.82, 2.24) is 0 Å². The lowest BCUT2D eigenvalue weighted by atomic mass is 9.80. The van der Waals surface area contributed by atoms with Crippen molar-refractivity contribution in [2.45, 2.75) is 105 Å². The largest absolute Gasteiger partial charge is 0.440 e. The Labute approximate surface area is 281 Å². The second-order valence-electron chi connectivity index (χ2n) is 16.0. The topological polar surface area (TPSA) is 36.9 Å². The van der Waals surface area contributed by atoms with E-state index in [4.69, 9.17) is 18.1 Å². The van der Waals surface area contributed by atoms with Crippen molar-refractivity contribution < 1.29 is 18.1 Å². The summed E-state index contributed by atoms with van der Waals surface area (Å²) in [4.78, 5) is 0. The standard InChI is InChI=1S/C40H52O4P2/c1-37(2,3)27-21-23-35(31(25-27)39(7,8)9)43-45-41-33-19-15-13-17-29(33)30-18-14-16-20-34(30)42-46-44-36-24-22-28(38(4,5)6)26-32(36)40(10,11)12/h13-26,45-46H,1-12H3. The van der Waals surface area contributed by atoms with Gasteiger partial charge in [0.05, 0.1) is 0 Å². The predicted octanol–water partition coefficient (Wildman–Crippen LogP) is 12.5. The SMILES string of the molecule is CC(C)(C)c1ccc(OPOc2ccccc2-c2ccccc2OPOc2ccc(C(C)(C)C)cc2C(C)(C)C)c(C(C)(C)C)c1. The lowest BCUT2D eigenvalue weighted by Crippen LogP contribution is -2.17. The van der Waals surface area contributed by atoms with Gasteiger partial charge in [-0.2, -0.15) is 0 Å². The smallest absolute Gasteiger partial charge is 0.275 e. The Hall–Kier alpha value is -3.06. The number of benzene rings is 4. The summed E-state index contributed by atoms with van der Waals surface area (Å²) in [6.07, 6.45) is 0. The van der Waals surface area contributed by atoms with Gasteiger partial charge in [0.25, 0.3) is 18.1 Å².